The Kier molecular flexibility index (Phi) is 4.51. The van der Waals surface area contributed by atoms with E-state index in [0.717, 1.165) is 36.2 Å². The summed E-state index contributed by atoms with van der Waals surface area (Å²) in [5.41, 5.74) is 2.93. The van der Waals surface area contributed by atoms with Crippen molar-refractivity contribution in [3.05, 3.63) is 48.5 Å². The van der Waals surface area contributed by atoms with Crippen LogP contribution >= 0.6 is 0 Å². The molecule has 0 radical (unpaired) electrons. The highest BCUT2D eigenvalue weighted by molar-refractivity contribution is 6.05. The Morgan fingerprint density at radius 3 is 2.66 bits per heavy atom. The number of piperazine rings is 1. The van der Waals surface area contributed by atoms with E-state index in [9.17, 15) is 9.59 Å². The van der Waals surface area contributed by atoms with Gasteiger partial charge in [-0.3, -0.25) is 9.59 Å². The van der Waals surface area contributed by atoms with Crippen LogP contribution in [-0.2, 0) is 9.59 Å². The van der Waals surface area contributed by atoms with Gasteiger partial charge in [0, 0.05) is 6.54 Å². The molecule has 3 aliphatic rings. The molecule has 0 saturated carbocycles. The van der Waals surface area contributed by atoms with Crippen molar-refractivity contribution in [2.45, 2.75) is 37.4 Å². The van der Waals surface area contributed by atoms with Crippen LogP contribution in [0.5, 0.6) is 5.75 Å². The molecule has 0 aromatic heterocycles. The van der Waals surface area contributed by atoms with E-state index in [1.165, 1.54) is 0 Å². The maximum absolute atomic E-state index is 13.3. The van der Waals surface area contributed by atoms with Crippen molar-refractivity contribution in [2.24, 2.45) is 0 Å². The summed E-state index contributed by atoms with van der Waals surface area (Å²) >= 11 is 0. The molecule has 0 unspecified atom stereocenters. The van der Waals surface area contributed by atoms with Gasteiger partial charge in [0.25, 0.3) is 0 Å². The zero-order chi connectivity index (χ0) is 20.0. The fourth-order valence-electron chi connectivity index (χ4n) is 4.92. The van der Waals surface area contributed by atoms with Gasteiger partial charge in [-0.15, -0.1) is 0 Å². The molecule has 29 heavy (non-hydrogen) atoms. The lowest BCUT2D eigenvalue weighted by Crippen LogP contribution is -2.56. The van der Waals surface area contributed by atoms with Gasteiger partial charge in [0.15, 0.2) is 0 Å². The van der Waals surface area contributed by atoms with E-state index in [1.807, 2.05) is 41.3 Å². The Hall–Kier alpha value is -2.86. The van der Waals surface area contributed by atoms with E-state index < -0.39 is 0 Å². The summed E-state index contributed by atoms with van der Waals surface area (Å²) in [4.78, 5) is 29.8. The standard InChI is InChI=1S/C23H25N3O3/c1-29-21-10-9-16(15-6-3-2-4-7-15)12-19(21)26-17-13-20(23(26)28)25(14-17)22(27)18-8-5-11-24-18/h2-4,6-7,9-10,12,17-18,20,24H,5,8,11,13-14H2,1H3/t17-,18+,20-/m0/s1. The first kappa shape index (κ1) is 18.2. The number of rotatable bonds is 4. The van der Waals surface area contributed by atoms with Gasteiger partial charge in [0.2, 0.25) is 11.8 Å². The maximum atomic E-state index is 13.3. The largest absolute Gasteiger partial charge is 0.495 e. The molecular formula is C23H25N3O3. The van der Waals surface area contributed by atoms with Crippen molar-refractivity contribution in [1.82, 2.24) is 10.2 Å². The first-order valence-corrected chi connectivity index (χ1v) is 10.3. The van der Waals surface area contributed by atoms with Crippen molar-refractivity contribution in [2.75, 3.05) is 25.1 Å². The molecule has 1 N–H and O–H groups in total. The number of nitrogens with one attached hydrogen (secondary N) is 1. The van der Waals surface area contributed by atoms with Gasteiger partial charge < -0.3 is 19.9 Å². The van der Waals surface area contributed by atoms with E-state index in [2.05, 4.69) is 17.4 Å². The third kappa shape index (κ3) is 2.99. The summed E-state index contributed by atoms with van der Waals surface area (Å²) in [6, 6.07) is 15.6. The molecule has 2 aromatic carbocycles. The number of likely N-dealkylation sites (tertiary alicyclic amines) is 1. The number of anilines is 1. The van der Waals surface area contributed by atoms with E-state index in [-0.39, 0.29) is 29.9 Å². The quantitative estimate of drug-likeness (QED) is 0.870. The zero-order valence-corrected chi connectivity index (χ0v) is 16.5. The smallest absolute Gasteiger partial charge is 0.250 e. The molecule has 2 bridgehead atoms. The first-order valence-electron chi connectivity index (χ1n) is 10.3. The molecule has 5 rings (SSSR count). The van der Waals surface area contributed by atoms with Gasteiger partial charge in [-0.05, 0) is 49.1 Å². The van der Waals surface area contributed by atoms with Crippen LogP contribution in [0.2, 0.25) is 0 Å². The predicted molar refractivity (Wildman–Crippen MR) is 111 cm³/mol. The topological polar surface area (TPSA) is 61.9 Å². The van der Waals surface area contributed by atoms with E-state index in [1.54, 1.807) is 12.0 Å². The van der Waals surface area contributed by atoms with Crippen LogP contribution < -0.4 is 15.0 Å². The Morgan fingerprint density at radius 1 is 1.14 bits per heavy atom. The highest BCUT2D eigenvalue weighted by atomic mass is 16.5. The number of carbonyl (C=O) groups excluding carboxylic acids is 2. The number of carbonyl (C=O) groups is 2. The Morgan fingerprint density at radius 2 is 1.97 bits per heavy atom. The first-order chi connectivity index (χ1) is 14.2. The number of benzene rings is 2. The maximum Gasteiger partial charge on any atom is 0.250 e. The van der Waals surface area contributed by atoms with Gasteiger partial charge in [-0.1, -0.05) is 36.4 Å². The van der Waals surface area contributed by atoms with Gasteiger partial charge in [-0.2, -0.15) is 0 Å². The summed E-state index contributed by atoms with van der Waals surface area (Å²) < 4.78 is 5.58. The molecule has 6 heteroatoms. The molecule has 0 spiro atoms. The van der Waals surface area contributed by atoms with Crippen molar-refractivity contribution in [1.29, 1.82) is 0 Å². The molecule has 6 nitrogen and oxygen atoms in total. The molecular weight excluding hydrogens is 366 g/mol. The summed E-state index contributed by atoms with van der Waals surface area (Å²) in [5.74, 6) is 0.755. The van der Waals surface area contributed by atoms with Crippen LogP contribution in [0, 0.1) is 0 Å². The number of fused-ring (bicyclic) bond motifs is 2. The molecule has 3 heterocycles. The minimum Gasteiger partial charge on any atom is -0.495 e. The lowest BCUT2D eigenvalue weighted by atomic mass is 10.0. The predicted octanol–water partition coefficient (Wildman–Crippen LogP) is 2.43. The van der Waals surface area contributed by atoms with Crippen LogP contribution in [0.4, 0.5) is 5.69 Å². The van der Waals surface area contributed by atoms with Gasteiger partial charge in [0.1, 0.15) is 11.8 Å². The fraction of sp³-hybridized carbons (Fsp3) is 0.391. The fourth-order valence-corrected chi connectivity index (χ4v) is 4.92. The lowest BCUT2D eigenvalue weighted by molar-refractivity contribution is -0.139. The second kappa shape index (κ2) is 7.19. The van der Waals surface area contributed by atoms with Crippen LogP contribution in [0.3, 0.4) is 0 Å². The molecule has 2 amide bonds. The Bertz CT molecular complexity index is 940. The molecule has 3 aliphatic heterocycles. The monoisotopic (exact) mass is 391 g/mol. The number of methoxy groups -OCH3 is 1. The van der Waals surface area contributed by atoms with Crippen molar-refractivity contribution < 1.29 is 14.3 Å². The van der Waals surface area contributed by atoms with Gasteiger partial charge in [0.05, 0.1) is 24.9 Å². The molecule has 2 aromatic rings. The summed E-state index contributed by atoms with van der Waals surface area (Å²) in [5, 5.41) is 3.26. The number of nitrogens with zero attached hydrogens (tertiary/aromatic N) is 2. The van der Waals surface area contributed by atoms with Gasteiger partial charge >= 0.3 is 0 Å². The summed E-state index contributed by atoms with van der Waals surface area (Å²) in [7, 11) is 1.63. The van der Waals surface area contributed by atoms with E-state index in [0.29, 0.717) is 18.7 Å². The lowest BCUT2D eigenvalue weighted by Gasteiger charge is -2.35. The third-order valence-corrected chi connectivity index (χ3v) is 6.35. The number of hydrogen-bond donors (Lipinski definition) is 1. The average molecular weight is 391 g/mol. The molecule has 3 saturated heterocycles. The van der Waals surface area contributed by atoms with E-state index in [4.69, 9.17) is 4.74 Å². The summed E-state index contributed by atoms with van der Waals surface area (Å²) in [6.45, 7) is 1.47. The zero-order valence-electron chi connectivity index (χ0n) is 16.5. The molecule has 3 atom stereocenters. The normalized spacial score (nSPS) is 25.7. The Balaban J connectivity index is 1.44. The van der Waals surface area contributed by atoms with Crippen LogP contribution in [0.25, 0.3) is 11.1 Å². The number of ether oxygens (including phenoxy) is 1. The minimum atomic E-state index is -0.361. The second-order valence-corrected chi connectivity index (χ2v) is 8.01. The SMILES string of the molecule is COc1ccc(-c2ccccc2)cc1N1C(=O)[C@@H]2C[C@H]1CN2C(=O)[C@H]1CCCN1. The van der Waals surface area contributed by atoms with E-state index >= 15 is 0 Å². The van der Waals surface area contributed by atoms with Gasteiger partial charge in [-0.25, -0.2) is 0 Å². The number of hydrogen-bond acceptors (Lipinski definition) is 4. The number of amides is 2. The second-order valence-electron chi connectivity index (χ2n) is 8.01. The third-order valence-electron chi connectivity index (χ3n) is 6.35. The van der Waals surface area contributed by atoms with Crippen LogP contribution in [0.15, 0.2) is 48.5 Å². The molecule has 150 valence electrons. The van der Waals surface area contributed by atoms with Crippen LogP contribution in [-0.4, -0.2) is 55.0 Å². The molecule has 3 fully saturated rings. The van der Waals surface area contributed by atoms with Crippen molar-refractivity contribution >= 4 is 17.5 Å². The highest BCUT2D eigenvalue weighted by Crippen LogP contribution is 2.42. The van der Waals surface area contributed by atoms with Crippen molar-refractivity contribution in [3.8, 4) is 16.9 Å². The van der Waals surface area contributed by atoms with Crippen LogP contribution in [0.1, 0.15) is 19.3 Å². The molecule has 0 aliphatic carbocycles. The highest BCUT2D eigenvalue weighted by Gasteiger charge is 2.53. The average Bonchev–Trinajstić information content (AvgIpc) is 3.50. The Labute approximate surface area is 170 Å². The summed E-state index contributed by atoms with van der Waals surface area (Å²) in [6.07, 6.45) is 2.56. The minimum absolute atomic E-state index is 0.00206. The van der Waals surface area contributed by atoms with Crippen molar-refractivity contribution in [3.63, 3.8) is 0 Å².